The van der Waals surface area contributed by atoms with E-state index in [-0.39, 0.29) is 5.78 Å². The second-order valence-corrected chi connectivity index (χ2v) is 4.99. The van der Waals surface area contributed by atoms with E-state index in [1.54, 1.807) is 19.2 Å². The zero-order valence-corrected chi connectivity index (χ0v) is 10.6. The van der Waals surface area contributed by atoms with Gasteiger partial charge in [0.05, 0.1) is 0 Å². The molecule has 1 aromatic rings. The van der Waals surface area contributed by atoms with Gasteiger partial charge in [0.2, 0.25) is 0 Å². The second kappa shape index (κ2) is 5.30. The van der Waals surface area contributed by atoms with E-state index >= 15 is 0 Å². The Labute approximate surface area is 103 Å². The van der Waals surface area contributed by atoms with E-state index in [0.717, 1.165) is 23.8 Å². The molecule has 0 amide bonds. The van der Waals surface area contributed by atoms with E-state index in [1.165, 1.54) is 25.7 Å². The van der Waals surface area contributed by atoms with Crippen molar-refractivity contribution in [3.05, 3.63) is 23.9 Å². The van der Waals surface area contributed by atoms with Crippen LogP contribution in [0.2, 0.25) is 0 Å². The number of hydrogen-bond acceptors (Lipinski definition) is 3. The van der Waals surface area contributed by atoms with Gasteiger partial charge in [-0.15, -0.1) is 0 Å². The van der Waals surface area contributed by atoms with Gasteiger partial charge in [0.25, 0.3) is 0 Å². The van der Waals surface area contributed by atoms with Gasteiger partial charge < -0.3 is 4.90 Å². The third-order valence-electron chi connectivity index (χ3n) is 3.55. The first-order chi connectivity index (χ1) is 8.16. The van der Waals surface area contributed by atoms with Crippen LogP contribution in [0.1, 0.15) is 43.0 Å². The molecule has 17 heavy (non-hydrogen) atoms. The molecular weight excluding hydrogens is 212 g/mol. The molecule has 0 spiro atoms. The van der Waals surface area contributed by atoms with Crippen molar-refractivity contribution in [3.63, 3.8) is 0 Å². The normalized spacial score (nSPS) is 16.1. The van der Waals surface area contributed by atoms with Crippen LogP contribution in [0.4, 0.5) is 5.82 Å². The number of hydrogen-bond donors (Lipinski definition) is 0. The maximum Gasteiger partial charge on any atom is 0.159 e. The smallest absolute Gasteiger partial charge is 0.159 e. The summed E-state index contributed by atoms with van der Waals surface area (Å²) in [5.74, 6) is 1.80. The summed E-state index contributed by atoms with van der Waals surface area (Å²) in [6.45, 7) is 2.64. The van der Waals surface area contributed by atoms with Crippen molar-refractivity contribution in [2.75, 3.05) is 18.5 Å². The van der Waals surface area contributed by atoms with Gasteiger partial charge in [-0.05, 0) is 37.8 Å². The van der Waals surface area contributed by atoms with Crippen LogP contribution in [0.5, 0.6) is 0 Å². The number of carbonyl (C=O) groups excluding carboxylic acids is 1. The Hall–Kier alpha value is -1.38. The number of ketones is 1. The highest BCUT2D eigenvalue weighted by Gasteiger charge is 2.17. The highest BCUT2D eigenvalue weighted by molar-refractivity contribution is 5.94. The molecule has 1 aliphatic carbocycles. The van der Waals surface area contributed by atoms with Crippen LogP contribution in [-0.2, 0) is 0 Å². The molecule has 0 radical (unpaired) electrons. The number of carbonyl (C=O) groups is 1. The van der Waals surface area contributed by atoms with Crippen molar-refractivity contribution in [2.24, 2.45) is 5.92 Å². The zero-order valence-electron chi connectivity index (χ0n) is 10.6. The Bertz CT molecular complexity index is 397. The predicted molar refractivity (Wildman–Crippen MR) is 69.5 cm³/mol. The third kappa shape index (κ3) is 3.05. The molecule has 0 atom stereocenters. The summed E-state index contributed by atoms with van der Waals surface area (Å²) < 4.78 is 0. The van der Waals surface area contributed by atoms with Crippen molar-refractivity contribution in [1.29, 1.82) is 0 Å². The van der Waals surface area contributed by atoms with Crippen molar-refractivity contribution >= 4 is 11.6 Å². The monoisotopic (exact) mass is 232 g/mol. The fourth-order valence-electron chi connectivity index (χ4n) is 2.52. The van der Waals surface area contributed by atoms with E-state index in [4.69, 9.17) is 0 Å². The van der Waals surface area contributed by atoms with Crippen molar-refractivity contribution in [2.45, 2.75) is 32.6 Å². The summed E-state index contributed by atoms with van der Waals surface area (Å²) in [4.78, 5) is 17.8. The number of pyridine rings is 1. The van der Waals surface area contributed by atoms with Crippen LogP contribution >= 0.6 is 0 Å². The van der Waals surface area contributed by atoms with Gasteiger partial charge >= 0.3 is 0 Å². The van der Waals surface area contributed by atoms with E-state index < -0.39 is 0 Å². The Morgan fingerprint density at radius 2 is 2.18 bits per heavy atom. The molecule has 1 aliphatic rings. The van der Waals surface area contributed by atoms with Crippen LogP contribution in [0.25, 0.3) is 0 Å². The average molecular weight is 232 g/mol. The summed E-state index contributed by atoms with van der Waals surface area (Å²) in [6, 6.07) is 3.66. The highest BCUT2D eigenvalue weighted by atomic mass is 16.1. The van der Waals surface area contributed by atoms with Crippen LogP contribution < -0.4 is 4.90 Å². The zero-order chi connectivity index (χ0) is 12.3. The lowest BCUT2D eigenvalue weighted by atomic mass is 10.1. The molecule has 3 nitrogen and oxygen atoms in total. The molecular formula is C14H20N2O. The molecule has 2 rings (SSSR count). The molecule has 0 aliphatic heterocycles. The molecule has 1 aromatic heterocycles. The summed E-state index contributed by atoms with van der Waals surface area (Å²) in [5.41, 5.74) is 0.744. The first-order valence-corrected chi connectivity index (χ1v) is 6.35. The van der Waals surface area contributed by atoms with Crippen LogP contribution in [0.3, 0.4) is 0 Å². The van der Waals surface area contributed by atoms with Crippen molar-refractivity contribution < 1.29 is 4.79 Å². The predicted octanol–water partition coefficient (Wildman–Crippen LogP) is 2.91. The molecule has 0 saturated heterocycles. The summed E-state index contributed by atoms with van der Waals surface area (Å²) in [6.07, 6.45) is 7.10. The van der Waals surface area contributed by atoms with Gasteiger partial charge in [-0.2, -0.15) is 0 Å². The molecule has 1 fully saturated rings. The molecule has 1 heterocycles. The summed E-state index contributed by atoms with van der Waals surface area (Å²) >= 11 is 0. The minimum Gasteiger partial charge on any atom is -0.359 e. The Morgan fingerprint density at radius 3 is 2.82 bits per heavy atom. The first-order valence-electron chi connectivity index (χ1n) is 6.35. The van der Waals surface area contributed by atoms with Crippen molar-refractivity contribution in [3.8, 4) is 0 Å². The van der Waals surface area contributed by atoms with Gasteiger partial charge in [-0.25, -0.2) is 4.98 Å². The molecule has 0 bridgehead atoms. The molecule has 3 heteroatoms. The number of rotatable bonds is 4. The first kappa shape index (κ1) is 12.1. The fourth-order valence-corrected chi connectivity index (χ4v) is 2.52. The molecule has 0 N–H and O–H groups in total. The number of aromatic nitrogens is 1. The highest BCUT2D eigenvalue weighted by Crippen LogP contribution is 2.26. The van der Waals surface area contributed by atoms with Gasteiger partial charge in [0, 0.05) is 25.4 Å². The SMILES string of the molecule is CC(=O)c1ccnc(N(C)CC2CCCC2)c1. The average Bonchev–Trinajstić information content (AvgIpc) is 2.82. The Balaban J connectivity index is 2.04. The summed E-state index contributed by atoms with van der Waals surface area (Å²) in [5, 5.41) is 0. The lowest BCUT2D eigenvalue weighted by Gasteiger charge is -2.22. The standard InChI is InChI=1S/C14H20N2O/c1-11(17)13-7-8-15-14(9-13)16(2)10-12-5-3-4-6-12/h7-9,12H,3-6,10H2,1-2H3. The fraction of sp³-hybridized carbons (Fsp3) is 0.571. The quantitative estimate of drug-likeness (QED) is 0.748. The lowest BCUT2D eigenvalue weighted by molar-refractivity contribution is 0.101. The van der Waals surface area contributed by atoms with Gasteiger partial charge in [-0.1, -0.05) is 12.8 Å². The minimum absolute atomic E-state index is 0.0999. The van der Waals surface area contributed by atoms with Gasteiger partial charge in [0.15, 0.2) is 5.78 Å². The van der Waals surface area contributed by atoms with Gasteiger partial charge in [0.1, 0.15) is 5.82 Å². The number of anilines is 1. The number of Topliss-reactive ketones (excluding diaryl/α,β-unsaturated/α-hetero) is 1. The van der Waals surface area contributed by atoms with Gasteiger partial charge in [-0.3, -0.25) is 4.79 Å². The van der Waals surface area contributed by atoms with E-state index in [2.05, 4.69) is 16.9 Å². The maximum absolute atomic E-state index is 11.3. The van der Waals surface area contributed by atoms with E-state index in [1.807, 2.05) is 6.07 Å². The van der Waals surface area contributed by atoms with E-state index in [0.29, 0.717) is 0 Å². The summed E-state index contributed by atoms with van der Waals surface area (Å²) in [7, 11) is 2.06. The maximum atomic E-state index is 11.3. The topological polar surface area (TPSA) is 33.2 Å². The molecule has 1 saturated carbocycles. The molecule has 92 valence electrons. The minimum atomic E-state index is 0.0999. The Kier molecular flexibility index (Phi) is 3.77. The largest absolute Gasteiger partial charge is 0.359 e. The second-order valence-electron chi connectivity index (χ2n) is 4.99. The van der Waals surface area contributed by atoms with Crippen LogP contribution in [0, 0.1) is 5.92 Å². The molecule has 0 aromatic carbocycles. The van der Waals surface area contributed by atoms with Crippen LogP contribution in [0.15, 0.2) is 18.3 Å². The number of nitrogens with zero attached hydrogens (tertiary/aromatic N) is 2. The lowest BCUT2D eigenvalue weighted by Crippen LogP contribution is -2.25. The van der Waals surface area contributed by atoms with Crippen molar-refractivity contribution in [1.82, 2.24) is 4.98 Å². The third-order valence-corrected chi connectivity index (χ3v) is 3.55. The molecule has 0 unspecified atom stereocenters. The van der Waals surface area contributed by atoms with E-state index in [9.17, 15) is 4.79 Å². The Morgan fingerprint density at radius 1 is 1.47 bits per heavy atom. The van der Waals surface area contributed by atoms with Crippen LogP contribution in [-0.4, -0.2) is 24.4 Å².